The average molecular weight is 296 g/mol. The Kier molecular flexibility index (Phi) is 4.59. The number of hydrogen-bond donors (Lipinski definition) is 0. The molecule has 0 spiro atoms. The molecule has 1 fully saturated rings. The molecule has 0 unspecified atom stereocenters. The highest BCUT2D eigenvalue weighted by Gasteiger charge is 2.25. The first-order valence-electron chi connectivity index (χ1n) is 6.44. The molecule has 2 rings (SSSR count). The van der Waals surface area contributed by atoms with Crippen molar-refractivity contribution in [2.24, 2.45) is 5.11 Å². The summed E-state index contributed by atoms with van der Waals surface area (Å²) in [6.45, 7) is 0.912. The predicted octanol–water partition coefficient (Wildman–Crippen LogP) is 3.03. The SMILES string of the molecule is COC(=O)c1ccc(N2CCC(N=[N+]=[N-])CC2)c(F)c1F. The Morgan fingerprint density at radius 1 is 1.38 bits per heavy atom. The minimum absolute atomic E-state index is 0.0968. The first-order chi connectivity index (χ1) is 10.1. The lowest BCUT2D eigenvalue weighted by Crippen LogP contribution is -2.35. The lowest BCUT2D eigenvalue weighted by atomic mass is 10.0. The molecule has 0 atom stereocenters. The van der Waals surface area contributed by atoms with Gasteiger partial charge in [-0.2, -0.15) is 0 Å². The lowest BCUT2D eigenvalue weighted by molar-refractivity contribution is 0.0594. The van der Waals surface area contributed by atoms with Crippen LogP contribution >= 0.6 is 0 Å². The third-order valence-electron chi connectivity index (χ3n) is 3.49. The summed E-state index contributed by atoms with van der Waals surface area (Å²) in [5.41, 5.74) is 8.05. The summed E-state index contributed by atoms with van der Waals surface area (Å²) < 4.78 is 32.4. The van der Waals surface area contributed by atoms with Crippen molar-refractivity contribution in [1.29, 1.82) is 0 Å². The quantitative estimate of drug-likeness (QED) is 0.372. The van der Waals surface area contributed by atoms with Crippen LogP contribution in [0.15, 0.2) is 17.2 Å². The fourth-order valence-corrected chi connectivity index (χ4v) is 2.35. The summed E-state index contributed by atoms with van der Waals surface area (Å²) in [7, 11) is 1.11. The highest BCUT2D eigenvalue weighted by atomic mass is 19.2. The first-order valence-corrected chi connectivity index (χ1v) is 6.44. The molecular formula is C13H14F2N4O2. The minimum atomic E-state index is -1.21. The van der Waals surface area contributed by atoms with E-state index in [1.54, 1.807) is 4.90 Å². The molecule has 0 aromatic heterocycles. The number of esters is 1. The number of rotatable bonds is 3. The first kappa shape index (κ1) is 15.1. The topological polar surface area (TPSA) is 78.3 Å². The Morgan fingerprint density at radius 3 is 2.62 bits per heavy atom. The van der Waals surface area contributed by atoms with E-state index in [1.807, 2.05) is 0 Å². The van der Waals surface area contributed by atoms with Crippen LogP contribution in [0, 0.1) is 11.6 Å². The van der Waals surface area contributed by atoms with E-state index in [4.69, 9.17) is 5.53 Å². The molecule has 8 heteroatoms. The smallest absolute Gasteiger partial charge is 0.340 e. The summed E-state index contributed by atoms with van der Waals surface area (Å²) in [6.07, 6.45) is 1.15. The Balaban J connectivity index is 2.20. The zero-order valence-corrected chi connectivity index (χ0v) is 11.4. The van der Waals surface area contributed by atoms with Crippen LogP contribution < -0.4 is 4.90 Å². The highest BCUT2D eigenvalue weighted by Crippen LogP contribution is 2.27. The molecule has 0 amide bonds. The van der Waals surface area contributed by atoms with E-state index in [-0.39, 0.29) is 11.7 Å². The molecule has 1 aliphatic heterocycles. The van der Waals surface area contributed by atoms with Crippen LogP contribution in [0.4, 0.5) is 14.5 Å². The summed E-state index contributed by atoms with van der Waals surface area (Å²) in [5.74, 6) is -3.20. The van der Waals surface area contributed by atoms with Gasteiger partial charge in [0.15, 0.2) is 11.6 Å². The molecule has 112 valence electrons. The van der Waals surface area contributed by atoms with Crippen LogP contribution in [-0.2, 0) is 4.74 Å². The molecule has 1 saturated heterocycles. The van der Waals surface area contributed by atoms with E-state index in [9.17, 15) is 13.6 Å². The zero-order valence-electron chi connectivity index (χ0n) is 11.4. The van der Waals surface area contributed by atoms with Crippen LogP contribution in [0.1, 0.15) is 23.2 Å². The van der Waals surface area contributed by atoms with Crippen molar-refractivity contribution < 1.29 is 18.3 Å². The number of ether oxygens (including phenoxy) is 1. The number of anilines is 1. The van der Waals surface area contributed by atoms with Gasteiger partial charge in [-0.15, -0.1) is 0 Å². The van der Waals surface area contributed by atoms with E-state index in [2.05, 4.69) is 14.8 Å². The van der Waals surface area contributed by atoms with Crippen molar-refractivity contribution in [3.63, 3.8) is 0 Å². The number of halogens is 2. The molecule has 1 aliphatic rings. The van der Waals surface area contributed by atoms with Crippen molar-refractivity contribution in [3.05, 3.63) is 39.8 Å². The Morgan fingerprint density at radius 2 is 2.05 bits per heavy atom. The highest BCUT2D eigenvalue weighted by molar-refractivity contribution is 5.90. The minimum Gasteiger partial charge on any atom is -0.465 e. The second-order valence-electron chi connectivity index (χ2n) is 4.67. The maximum absolute atomic E-state index is 14.1. The Labute approximate surface area is 119 Å². The van der Waals surface area contributed by atoms with Crippen LogP contribution in [0.5, 0.6) is 0 Å². The van der Waals surface area contributed by atoms with Gasteiger partial charge in [-0.3, -0.25) is 0 Å². The third kappa shape index (κ3) is 3.05. The van der Waals surface area contributed by atoms with Crippen molar-refractivity contribution >= 4 is 11.7 Å². The summed E-state index contributed by atoms with van der Waals surface area (Å²) in [4.78, 5) is 15.7. The molecule has 1 aromatic carbocycles. The lowest BCUT2D eigenvalue weighted by Gasteiger charge is -2.32. The second kappa shape index (κ2) is 6.41. The van der Waals surface area contributed by atoms with E-state index in [0.29, 0.717) is 25.9 Å². The largest absolute Gasteiger partial charge is 0.465 e. The van der Waals surface area contributed by atoms with Gasteiger partial charge >= 0.3 is 5.97 Å². The molecule has 1 heterocycles. The number of hydrogen-bond acceptors (Lipinski definition) is 4. The van der Waals surface area contributed by atoms with Gasteiger partial charge in [0.05, 0.1) is 18.4 Å². The number of piperidine rings is 1. The summed E-state index contributed by atoms with van der Waals surface area (Å²) in [5, 5.41) is 3.62. The van der Waals surface area contributed by atoms with Gasteiger partial charge in [-0.1, -0.05) is 5.11 Å². The number of benzene rings is 1. The number of carbonyl (C=O) groups excluding carboxylic acids is 1. The molecule has 0 aliphatic carbocycles. The van der Waals surface area contributed by atoms with Gasteiger partial charge in [-0.25, -0.2) is 13.6 Å². The van der Waals surface area contributed by atoms with Crippen LogP contribution in [-0.4, -0.2) is 32.2 Å². The number of azide groups is 1. The van der Waals surface area contributed by atoms with Gasteiger partial charge in [-0.05, 0) is 30.5 Å². The summed E-state index contributed by atoms with van der Waals surface area (Å²) in [6, 6.07) is 2.45. The molecule has 0 bridgehead atoms. The fraction of sp³-hybridized carbons (Fsp3) is 0.462. The average Bonchev–Trinajstić information content (AvgIpc) is 2.50. The zero-order chi connectivity index (χ0) is 15.4. The van der Waals surface area contributed by atoms with Crippen LogP contribution in [0.25, 0.3) is 10.4 Å². The van der Waals surface area contributed by atoms with E-state index in [0.717, 1.165) is 7.11 Å². The third-order valence-corrected chi connectivity index (χ3v) is 3.49. The van der Waals surface area contributed by atoms with Crippen molar-refractivity contribution in [2.45, 2.75) is 18.9 Å². The summed E-state index contributed by atoms with van der Waals surface area (Å²) >= 11 is 0. The van der Waals surface area contributed by atoms with Crippen LogP contribution in [0.3, 0.4) is 0 Å². The Hall–Kier alpha value is -2.34. The van der Waals surface area contributed by atoms with E-state index in [1.165, 1.54) is 12.1 Å². The fourth-order valence-electron chi connectivity index (χ4n) is 2.35. The van der Waals surface area contributed by atoms with Crippen LogP contribution in [0.2, 0.25) is 0 Å². The molecular weight excluding hydrogens is 282 g/mol. The molecule has 1 aromatic rings. The van der Waals surface area contributed by atoms with E-state index < -0.39 is 23.2 Å². The second-order valence-corrected chi connectivity index (χ2v) is 4.67. The van der Waals surface area contributed by atoms with Gasteiger partial charge in [0, 0.05) is 24.0 Å². The maximum atomic E-state index is 14.1. The van der Waals surface area contributed by atoms with Crippen molar-refractivity contribution in [2.75, 3.05) is 25.1 Å². The van der Waals surface area contributed by atoms with E-state index >= 15 is 0 Å². The molecule has 21 heavy (non-hydrogen) atoms. The molecule has 0 N–H and O–H groups in total. The van der Waals surface area contributed by atoms with Gasteiger partial charge in [0.25, 0.3) is 0 Å². The number of methoxy groups -OCH3 is 1. The monoisotopic (exact) mass is 296 g/mol. The number of carbonyl (C=O) groups is 1. The maximum Gasteiger partial charge on any atom is 0.340 e. The van der Waals surface area contributed by atoms with Gasteiger partial charge in [0.2, 0.25) is 0 Å². The molecule has 0 radical (unpaired) electrons. The predicted molar refractivity (Wildman–Crippen MR) is 72.1 cm³/mol. The van der Waals surface area contributed by atoms with Gasteiger partial charge in [0.1, 0.15) is 0 Å². The molecule has 6 nitrogen and oxygen atoms in total. The normalized spacial score (nSPS) is 15.5. The van der Waals surface area contributed by atoms with Gasteiger partial charge < -0.3 is 9.64 Å². The number of nitrogens with zero attached hydrogens (tertiary/aromatic N) is 4. The van der Waals surface area contributed by atoms with Crippen molar-refractivity contribution in [3.8, 4) is 0 Å². The Bertz CT molecular complexity index is 594. The molecule has 0 saturated carbocycles. The van der Waals surface area contributed by atoms with Crippen molar-refractivity contribution in [1.82, 2.24) is 0 Å². The standard InChI is InChI=1S/C13H14F2N4O2/c1-21-13(20)9-2-3-10(12(15)11(9)14)19-6-4-8(5-7-19)17-18-16/h2-3,8H,4-7H2,1H3.